The van der Waals surface area contributed by atoms with Gasteiger partial charge in [-0.05, 0) is 42.7 Å². The van der Waals surface area contributed by atoms with Gasteiger partial charge in [-0.25, -0.2) is 0 Å². The molecule has 3 atom stereocenters. The van der Waals surface area contributed by atoms with Gasteiger partial charge in [0.05, 0.1) is 6.26 Å². The number of rotatable bonds is 3. The fraction of sp³-hybridized carbons (Fsp3) is 0.667. The third-order valence-electron chi connectivity index (χ3n) is 4.08. The van der Waals surface area contributed by atoms with Crippen molar-refractivity contribution in [1.82, 2.24) is 5.32 Å². The Morgan fingerprint density at radius 3 is 2.83 bits per heavy atom. The smallest absolute Gasteiger partial charge is 0.287 e. The average Bonchev–Trinajstić information content (AvgIpc) is 2.81. The molecule has 3 heteroatoms. The molecule has 0 radical (unpaired) electrons. The summed E-state index contributed by atoms with van der Waals surface area (Å²) in [6.07, 6.45) is 5.10. The van der Waals surface area contributed by atoms with Crippen LogP contribution in [0.1, 0.15) is 50.6 Å². The molecule has 0 saturated heterocycles. The number of carbonyl (C=O) groups is 1. The van der Waals surface area contributed by atoms with Gasteiger partial charge in [-0.1, -0.05) is 27.2 Å². The van der Waals surface area contributed by atoms with E-state index in [1.165, 1.54) is 12.8 Å². The lowest BCUT2D eigenvalue weighted by atomic mass is 9.74. The molecule has 1 saturated carbocycles. The molecular formula is C15H23NO2. The lowest BCUT2D eigenvalue weighted by Gasteiger charge is -2.37. The van der Waals surface area contributed by atoms with E-state index in [9.17, 15) is 4.79 Å². The molecule has 1 N–H and O–H groups in total. The van der Waals surface area contributed by atoms with Crippen molar-refractivity contribution in [3.05, 3.63) is 24.2 Å². The summed E-state index contributed by atoms with van der Waals surface area (Å²) < 4.78 is 5.15. The van der Waals surface area contributed by atoms with Crippen LogP contribution >= 0.6 is 0 Å². The van der Waals surface area contributed by atoms with Gasteiger partial charge in [-0.2, -0.15) is 0 Å². The summed E-state index contributed by atoms with van der Waals surface area (Å²) in [6, 6.07) is 3.75. The predicted octanol–water partition coefficient (Wildman–Crippen LogP) is 3.47. The highest BCUT2D eigenvalue weighted by molar-refractivity contribution is 5.91. The Bertz CT molecular complexity index is 383. The first-order valence-corrected chi connectivity index (χ1v) is 6.92. The highest BCUT2D eigenvalue weighted by Gasteiger charge is 2.32. The standard InChI is InChI=1S/C15H23NO2/c1-10(2)12-7-6-11(3)9-13(12)16-15(17)14-5-4-8-18-14/h4-5,8,10-13H,6-7,9H2,1-3H3,(H,16,17)/t11-,12+,13+/m0/s1. The summed E-state index contributed by atoms with van der Waals surface area (Å²) in [5, 5.41) is 3.15. The van der Waals surface area contributed by atoms with Crippen LogP contribution in [0.15, 0.2) is 22.8 Å². The second-order valence-corrected chi connectivity index (χ2v) is 5.88. The van der Waals surface area contributed by atoms with Gasteiger partial charge in [0.25, 0.3) is 5.91 Å². The fourth-order valence-corrected chi connectivity index (χ4v) is 3.02. The van der Waals surface area contributed by atoms with Gasteiger partial charge in [0.2, 0.25) is 0 Å². The quantitative estimate of drug-likeness (QED) is 0.891. The zero-order valence-corrected chi connectivity index (χ0v) is 11.5. The molecule has 18 heavy (non-hydrogen) atoms. The number of carbonyl (C=O) groups excluding carboxylic acids is 1. The van der Waals surface area contributed by atoms with Gasteiger partial charge < -0.3 is 9.73 Å². The summed E-state index contributed by atoms with van der Waals surface area (Å²) in [6.45, 7) is 6.75. The molecule has 1 heterocycles. The van der Waals surface area contributed by atoms with Crippen LogP contribution in [-0.4, -0.2) is 11.9 Å². The second-order valence-electron chi connectivity index (χ2n) is 5.88. The number of hydrogen-bond donors (Lipinski definition) is 1. The summed E-state index contributed by atoms with van der Waals surface area (Å²) in [5.74, 6) is 2.22. The molecule has 0 bridgehead atoms. The van der Waals surface area contributed by atoms with E-state index in [-0.39, 0.29) is 11.9 Å². The van der Waals surface area contributed by atoms with Gasteiger partial charge in [0.15, 0.2) is 5.76 Å². The van der Waals surface area contributed by atoms with E-state index in [1.54, 1.807) is 18.4 Å². The minimum atomic E-state index is -0.0789. The molecule has 1 amide bonds. The molecular weight excluding hydrogens is 226 g/mol. The SMILES string of the molecule is CC(C)[C@H]1CC[C@H](C)C[C@H]1NC(=O)c1ccco1. The van der Waals surface area contributed by atoms with E-state index in [2.05, 4.69) is 26.1 Å². The molecule has 1 fully saturated rings. The maximum Gasteiger partial charge on any atom is 0.287 e. The summed E-state index contributed by atoms with van der Waals surface area (Å²) >= 11 is 0. The average molecular weight is 249 g/mol. The first kappa shape index (κ1) is 13.2. The number of furan rings is 1. The fourth-order valence-electron chi connectivity index (χ4n) is 3.02. The molecule has 1 aromatic heterocycles. The predicted molar refractivity (Wildman–Crippen MR) is 71.3 cm³/mol. The van der Waals surface area contributed by atoms with Crippen molar-refractivity contribution in [3.8, 4) is 0 Å². The lowest BCUT2D eigenvalue weighted by molar-refractivity contribution is 0.0840. The maximum absolute atomic E-state index is 12.0. The van der Waals surface area contributed by atoms with Crippen molar-refractivity contribution in [3.63, 3.8) is 0 Å². The molecule has 1 aliphatic rings. The minimum Gasteiger partial charge on any atom is -0.459 e. The molecule has 100 valence electrons. The zero-order valence-electron chi connectivity index (χ0n) is 11.5. The van der Waals surface area contributed by atoms with Crippen molar-refractivity contribution < 1.29 is 9.21 Å². The third kappa shape index (κ3) is 2.95. The van der Waals surface area contributed by atoms with Gasteiger partial charge in [-0.3, -0.25) is 4.79 Å². The summed E-state index contributed by atoms with van der Waals surface area (Å²) in [4.78, 5) is 12.0. The van der Waals surface area contributed by atoms with Crippen molar-refractivity contribution in [2.75, 3.05) is 0 Å². The molecule has 0 aromatic carbocycles. The Kier molecular flexibility index (Phi) is 4.10. The van der Waals surface area contributed by atoms with Crippen LogP contribution in [0, 0.1) is 17.8 Å². The Labute approximate surface area is 109 Å². The Morgan fingerprint density at radius 1 is 1.44 bits per heavy atom. The molecule has 0 aliphatic heterocycles. The molecule has 0 unspecified atom stereocenters. The number of amides is 1. The van der Waals surface area contributed by atoms with E-state index in [1.807, 2.05) is 0 Å². The van der Waals surface area contributed by atoms with Crippen LogP contribution in [0.5, 0.6) is 0 Å². The van der Waals surface area contributed by atoms with Crippen LogP contribution in [-0.2, 0) is 0 Å². The van der Waals surface area contributed by atoms with Crippen LogP contribution in [0.4, 0.5) is 0 Å². The first-order valence-electron chi connectivity index (χ1n) is 6.92. The minimum absolute atomic E-state index is 0.0789. The molecule has 2 rings (SSSR count). The Hall–Kier alpha value is -1.25. The van der Waals surface area contributed by atoms with Gasteiger partial charge in [0, 0.05) is 6.04 Å². The topological polar surface area (TPSA) is 42.2 Å². The summed E-state index contributed by atoms with van der Waals surface area (Å²) in [5.41, 5.74) is 0. The van der Waals surface area contributed by atoms with E-state index >= 15 is 0 Å². The van der Waals surface area contributed by atoms with Crippen molar-refractivity contribution >= 4 is 5.91 Å². The van der Waals surface area contributed by atoms with Crippen LogP contribution in [0.3, 0.4) is 0 Å². The Morgan fingerprint density at radius 2 is 2.22 bits per heavy atom. The van der Waals surface area contributed by atoms with Crippen molar-refractivity contribution in [1.29, 1.82) is 0 Å². The largest absolute Gasteiger partial charge is 0.459 e. The zero-order chi connectivity index (χ0) is 13.1. The monoisotopic (exact) mass is 249 g/mol. The molecule has 3 nitrogen and oxygen atoms in total. The molecule has 1 aromatic rings. The van der Waals surface area contributed by atoms with E-state index in [4.69, 9.17) is 4.42 Å². The van der Waals surface area contributed by atoms with Crippen molar-refractivity contribution in [2.45, 2.75) is 46.1 Å². The third-order valence-corrected chi connectivity index (χ3v) is 4.08. The van der Waals surface area contributed by atoms with Gasteiger partial charge in [-0.15, -0.1) is 0 Å². The van der Waals surface area contributed by atoms with E-state index < -0.39 is 0 Å². The van der Waals surface area contributed by atoms with Crippen LogP contribution in [0.25, 0.3) is 0 Å². The van der Waals surface area contributed by atoms with Crippen LogP contribution in [0.2, 0.25) is 0 Å². The van der Waals surface area contributed by atoms with Crippen molar-refractivity contribution in [2.24, 2.45) is 17.8 Å². The normalized spacial score (nSPS) is 28.3. The van der Waals surface area contributed by atoms with E-state index in [0.29, 0.717) is 23.5 Å². The second kappa shape index (κ2) is 5.59. The maximum atomic E-state index is 12.0. The molecule has 1 aliphatic carbocycles. The summed E-state index contributed by atoms with van der Waals surface area (Å²) in [7, 11) is 0. The highest BCUT2D eigenvalue weighted by Crippen LogP contribution is 2.33. The van der Waals surface area contributed by atoms with Gasteiger partial charge >= 0.3 is 0 Å². The molecule has 0 spiro atoms. The van der Waals surface area contributed by atoms with E-state index in [0.717, 1.165) is 6.42 Å². The van der Waals surface area contributed by atoms with Gasteiger partial charge in [0.1, 0.15) is 0 Å². The Balaban J connectivity index is 2.02. The lowest BCUT2D eigenvalue weighted by Crippen LogP contribution is -2.45. The highest BCUT2D eigenvalue weighted by atomic mass is 16.3. The number of nitrogens with one attached hydrogen (secondary N) is 1. The number of hydrogen-bond acceptors (Lipinski definition) is 2. The first-order chi connectivity index (χ1) is 8.58. The van der Waals surface area contributed by atoms with Crippen LogP contribution < -0.4 is 5.32 Å².